The van der Waals surface area contributed by atoms with Crippen LogP contribution < -0.4 is 0 Å². The zero-order valence-electron chi connectivity index (χ0n) is 11.6. The van der Waals surface area contributed by atoms with Gasteiger partial charge in [0.1, 0.15) is 5.65 Å². The molecule has 0 fully saturated rings. The van der Waals surface area contributed by atoms with E-state index in [2.05, 4.69) is 40.8 Å². The van der Waals surface area contributed by atoms with Crippen molar-refractivity contribution in [2.24, 2.45) is 0 Å². The zero-order valence-corrected chi connectivity index (χ0v) is 12.4. The van der Waals surface area contributed by atoms with E-state index in [0.29, 0.717) is 0 Å². The van der Waals surface area contributed by atoms with Crippen LogP contribution in [0.2, 0.25) is 5.02 Å². The van der Waals surface area contributed by atoms with Crippen molar-refractivity contribution in [1.29, 1.82) is 0 Å². The molecule has 0 unspecified atom stereocenters. The summed E-state index contributed by atoms with van der Waals surface area (Å²) in [5.74, 6) is 0. The molecular formula is C19H11ClN2. The van der Waals surface area contributed by atoms with Gasteiger partial charge in [-0.15, -0.1) is 0 Å². The number of hydrogen-bond acceptors (Lipinski definition) is 1. The molecule has 0 radical (unpaired) electrons. The van der Waals surface area contributed by atoms with E-state index in [9.17, 15) is 0 Å². The van der Waals surface area contributed by atoms with Gasteiger partial charge in [0.2, 0.25) is 0 Å². The van der Waals surface area contributed by atoms with Gasteiger partial charge in [0.15, 0.2) is 0 Å². The summed E-state index contributed by atoms with van der Waals surface area (Å²) in [4.78, 5) is 4.84. The van der Waals surface area contributed by atoms with Gasteiger partial charge in [0, 0.05) is 15.8 Å². The molecule has 0 spiro atoms. The molecule has 0 N–H and O–H groups in total. The lowest BCUT2D eigenvalue weighted by atomic mass is 10.1. The van der Waals surface area contributed by atoms with E-state index in [1.165, 1.54) is 10.8 Å². The van der Waals surface area contributed by atoms with Crippen LogP contribution in [-0.2, 0) is 0 Å². The predicted molar refractivity (Wildman–Crippen MR) is 92.7 cm³/mol. The number of hydrogen-bond donors (Lipinski definition) is 0. The second-order valence-electron chi connectivity index (χ2n) is 5.47. The first-order chi connectivity index (χ1) is 10.8. The van der Waals surface area contributed by atoms with Crippen LogP contribution in [0.1, 0.15) is 0 Å². The van der Waals surface area contributed by atoms with Gasteiger partial charge in [-0.3, -0.25) is 4.40 Å². The van der Waals surface area contributed by atoms with E-state index in [-0.39, 0.29) is 0 Å². The van der Waals surface area contributed by atoms with E-state index in [4.69, 9.17) is 16.6 Å². The molecule has 0 amide bonds. The lowest BCUT2D eigenvalue weighted by Crippen LogP contribution is -1.91. The highest BCUT2D eigenvalue weighted by molar-refractivity contribution is 6.31. The Hall–Kier alpha value is -2.58. The van der Waals surface area contributed by atoms with E-state index < -0.39 is 0 Å². The van der Waals surface area contributed by atoms with E-state index in [0.717, 1.165) is 32.6 Å². The molecule has 0 bridgehead atoms. The van der Waals surface area contributed by atoms with Gasteiger partial charge in [0.25, 0.3) is 0 Å². The van der Waals surface area contributed by atoms with Crippen LogP contribution >= 0.6 is 11.6 Å². The molecule has 2 nitrogen and oxygen atoms in total. The summed E-state index contributed by atoms with van der Waals surface area (Å²) in [7, 11) is 0. The van der Waals surface area contributed by atoms with Gasteiger partial charge in [0.05, 0.1) is 16.6 Å². The predicted octanol–water partition coefficient (Wildman–Crippen LogP) is 5.45. The summed E-state index contributed by atoms with van der Waals surface area (Å²) in [6.07, 6.45) is 0. The third-order valence-corrected chi connectivity index (χ3v) is 4.45. The first-order valence-corrected chi connectivity index (χ1v) is 7.58. The molecule has 5 aromatic rings. The molecule has 2 heterocycles. The first kappa shape index (κ1) is 12.0. The number of fused-ring (bicyclic) bond motifs is 8. The molecule has 0 aliphatic heterocycles. The summed E-state index contributed by atoms with van der Waals surface area (Å²) >= 11 is 6.25. The molecular weight excluding hydrogens is 292 g/mol. The maximum atomic E-state index is 6.25. The highest BCUT2D eigenvalue weighted by Crippen LogP contribution is 2.33. The SMILES string of the molecule is Clc1ccc2c3ccccc3c3nc4ccccc4n3c2c1. The average Bonchev–Trinajstić information content (AvgIpc) is 2.95. The van der Waals surface area contributed by atoms with Gasteiger partial charge in [-0.2, -0.15) is 0 Å². The molecule has 0 saturated heterocycles. The van der Waals surface area contributed by atoms with Crippen LogP contribution in [0.15, 0.2) is 66.7 Å². The quantitative estimate of drug-likeness (QED) is 0.348. The Labute approximate surface area is 131 Å². The lowest BCUT2D eigenvalue weighted by molar-refractivity contribution is 1.31. The zero-order chi connectivity index (χ0) is 14.7. The maximum absolute atomic E-state index is 6.25. The largest absolute Gasteiger partial charge is 0.292 e. The molecule has 104 valence electrons. The van der Waals surface area contributed by atoms with Crippen LogP contribution in [0, 0.1) is 0 Å². The Balaban J connectivity index is 2.23. The number of para-hydroxylation sites is 2. The fraction of sp³-hybridized carbons (Fsp3) is 0. The molecule has 0 aliphatic rings. The fourth-order valence-corrected chi connectivity index (χ4v) is 3.45. The Morgan fingerprint density at radius 1 is 0.727 bits per heavy atom. The van der Waals surface area contributed by atoms with E-state index in [1.54, 1.807) is 0 Å². The van der Waals surface area contributed by atoms with Crippen molar-refractivity contribution in [2.75, 3.05) is 0 Å². The number of nitrogens with zero attached hydrogens (tertiary/aromatic N) is 2. The van der Waals surface area contributed by atoms with Crippen LogP contribution in [0.25, 0.3) is 38.4 Å². The van der Waals surface area contributed by atoms with Crippen molar-refractivity contribution in [1.82, 2.24) is 9.38 Å². The van der Waals surface area contributed by atoms with Gasteiger partial charge >= 0.3 is 0 Å². The Kier molecular flexibility index (Phi) is 2.30. The molecule has 3 heteroatoms. The molecule has 2 aromatic heterocycles. The smallest absolute Gasteiger partial charge is 0.146 e. The number of benzene rings is 3. The van der Waals surface area contributed by atoms with E-state index in [1.807, 2.05) is 30.3 Å². The standard InChI is InChI=1S/C19H11ClN2/c20-12-9-10-14-13-5-1-2-6-15(13)19-21-16-7-3-4-8-17(16)22(19)18(14)11-12/h1-11H. The summed E-state index contributed by atoms with van der Waals surface area (Å²) in [6.45, 7) is 0. The Morgan fingerprint density at radius 3 is 2.41 bits per heavy atom. The lowest BCUT2D eigenvalue weighted by Gasteiger charge is -2.09. The summed E-state index contributed by atoms with van der Waals surface area (Å²) in [5.41, 5.74) is 4.18. The monoisotopic (exact) mass is 302 g/mol. The molecule has 22 heavy (non-hydrogen) atoms. The topological polar surface area (TPSA) is 17.3 Å². The average molecular weight is 303 g/mol. The Morgan fingerprint density at radius 2 is 1.50 bits per heavy atom. The number of rotatable bonds is 0. The summed E-state index contributed by atoms with van der Waals surface area (Å²) in [5, 5.41) is 4.29. The number of halogens is 1. The maximum Gasteiger partial charge on any atom is 0.146 e. The van der Waals surface area contributed by atoms with Crippen molar-refractivity contribution in [3.63, 3.8) is 0 Å². The van der Waals surface area contributed by atoms with Gasteiger partial charge in [-0.05, 0) is 29.7 Å². The minimum absolute atomic E-state index is 0.738. The third kappa shape index (κ3) is 1.48. The second-order valence-corrected chi connectivity index (χ2v) is 5.90. The van der Waals surface area contributed by atoms with Crippen molar-refractivity contribution in [3.8, 4) is 0 Å². The number of imidazole rings is 1. The van der Waals surface area contributed by atoms with Crippen LogP contribution in [0.3, 0.4) is 0 Å². The highest BCUT2D eigenvalue weighted by Gasteiger charge is 2.12. The van der Waals surface area contributed by atoms with Gasteiger partial charge in [-0.25, -0.2) is 4.98 Å². The van der Waals surface area contributed by atoms with Crippen molar-refractivity contribution in [3.05, 3.63) is 71.8 Å². The van der Waals surface area contributed by atoms with Crippen molar-refractivity contribution >= 4 is 50.0 Å². The molecule has 0 aliphatic carbocycles. The summed E-state index contributed by atoms with van der Waals surface area (Å²) in [6, 6.07) is 22.7. The molecule has 0 atom stereocenters. The number of aromatic nitrogens is 2. The van der Waals surface area contributed by atoms with Gasteiger partial charge in [-0.1, -0.05) is 54.1 Å². The third-order valence-electron chi connectivity index (χ3n) is 4.22. The normalized spacial score (nSPS) is 11.9. The van der Waals surface area contributed by atoms with Crippen molar-refractivity contribution < 1.29 is 0 Å². The van der Waals surface area contributed by atoms with Crippen LogP contribution in [0.4, 0.5) is 0 Å². The highest BCUT2D eigenvalue weighted by atomic mass is 35.5. The van der Waals surface area contributed by atoms with Crippen LogP contribution in [-0.4, -0.2) is 9.38 Å². The van der Waals surface area contributed by atoms with Crippen LogP contribution in [0.5, 0.6) is 0 Å². The molecule has 5 rings (SSSR count). The van der Waals surface area contributed by atoms with Crippen molar-refractivity contribution in [2.45, 2.75) is 0 Å². The first-order valence-electron chi connectivity index (χ1n) is 7.20. The van der Waals surface area contributed by atoms with Gasteiger partial charge < -0.3 is 0 Å². The molecule has 3 aromatic carbocycles. The second kappa shape index (κ2) is 4.21. The minimum atomic E-state index is 0.738. The summed E-state index contributed by atoms with van der Waals surface area (Å²) < 4.78 is 2.21. The minimum Gasteiger partial charge on any atom is -0.292 e. The fourth-order valence-electron chi connectivity index (χ4n) is 3.28. The molecule has 0 saturated carbocycles. The number of pyridine rings is 1. The Bertz CT molecular complexity index is 1190. The van der Waals surface area contributed by atoms with E-state index >= 15 is 0 Å².